The van der Waals surface area contributed by atoms with Crippen molar-refractivity contribution in [2.45, 2.75) is 20.4 Å². The van der Waals surface area contributed by atoms with Gasteiger partial charge in [0.25, 0.3) is 0 Å². The fourth-order valence-corrected chi connectivity index (χ4v) is 2.48. The zero-order valence-electron chi connectivity index (χ0n) is 12.5. The molecule has 2 aromatic carbocycles. The van der Waals surface area contributed by atoms with Gasteiger partial charge in [-0.3, -0.25) is 0 Å². The van der Waals surface area contributed by atoms with Crippen molar-refractivity contribution in [3.05, 3.63) is 58.9 Å². The molecule has 0 unspecified atom stereocenters. The summed E-state index contributed by atoms with van der Waals surface area (Å²) in [5.41, 5.74) is 4.19. The van der Waals surface area contributed by atoms with Gasteiger partial charge in [-0.25, -0.2) is 4.39 Å². The van der Waals surface area contributed by atoms with Crippen LogP contribution in [-0.4, -0.2) is 24.2 Å². The van der Waals surface area contributed by atoms with Gasteiger partial charge in [-0.2, -0.15) is 0 Å². The summed E-state index contributed by atoms with van der Waals surface area (Å²) >= 11 is 0. The highest BCUT2D eigenvalue weighted by atomic mass is 19.1. The van der Waals surface area contributed by atoms with Crippen LogP contribution < -0.4 is 10.4 Å². The molecule has 0 amide bonds. The zero-order chi connectivity index (χ0) is 15.6. The predicted octanol–water partition coefficient (Wildman–Crippen LogP) is 1.76. The minimum atomic E-state index is -1.80. The molecule has 2 aromatic rings. The Bertz CT molecular complexity index is 646. The van der Waals surface area contributed by atoms with Crippen LogP contribution in [0.3, 0.4) is 0 Å². The van der Waals surface area contributed by atoms with E-state index >= 15 is 0 Å². The molecule has 21 heavy (non-hydrogen) atoms. The van der Waals surface area contributed by atoms with Gasteiger partial charge in [-0.05, 0) is 37.1 Å². The number of hydrogen-bond donors (Lipinski definition) is 2. The van der Waals surface area contributed by atoms with Gasteiger partial charge in [0.2, 0.25) is 0 Å². The topological polar surface area (TPSA) is 43.7 Å². The Morgan fingerprint density at radius 3 is 2.43 bits per heavy atom. The summed E-state index contributed by atoms with van der Waals surface area (Å²) in [5, 5.41) is 18.3. The Hall–Kier alpha value is -1.85. The number of hydrogen-bond acceptors (Lipinski definition) is 3. The lowest BCUT2D eigenvalue weighted by Gasteiger charge is -2.22. The first kappa shape index (κ1) is 15.5. The van der Waals surface area contributed by atoms with Gasteiger partial charge >= 0.3 is 7.12 Å². The van der Waals surface area contributed by atoms with Crippen molar-refractivity contribution in [2.75, 3.05) is 11.9 Å². The molecule has 5 heteroatoms. The van der Waals surface area contributed by atoms with Crippen LogP contribution in [-0.2, 0) is 6.54 Å². The molecule has 2 N–H and O–H groups in total. The highest BCUT2D eigenvalue weighted by Gasteiger charge is 2.17. The Morgan fingerprint density at radius 1 is 1.10 bits per heavy atom. The summed E-state index contributed by atoms with van der Waals surface area (Å²) in [7, 11) is 0.159. The first-order valence-electron chi connectivity index (χ1n) is 6.81. The van der Waals surface area contributed by atoms with E-state index in [2.05, 4.69) is 17.0 Å². The summed E-state index contributed by atoms with van der Waals surface area (Å²) in [6.07, 6.45) is 0. The lowest BCUT2D eigenvalue weighted by Crippen LogP contribution is -2.33. The molecule has 110 valence electrons. The fourth-order valence-electron chi connectivity index (χ4n) is 2.48. The molecule has 0 heterocycles. The van der Waals surface area contributed by atoms with Crippen LogP contribution in [0.1, 0.15) is 16.7 Å². The molecule has 0 aliphatic carbocycles. The molecule has 2 rings (SSSR count). The number of halogens is 1. The van der Waals surface area contributed by atoms with E-state index in [1.165, 1.54) is 23.3 Å². The molecule has 0 saturated carbocycles. The summed E-state index contributed by atoms with van der Waals surface area (Å²) in [5.74, 6) is -0.608. The van der Waals surface area contributed by atoms with Crippen molar-refractivity contribution >= 4 is 18.3 Å². The Kier molecular flexibility index (Phi) is 4.65. The molecule has 0 fully saturated rings. The number of benzene rings is 2. The van der Waals surface area contributed by atoms with Gasteiger partial charge in [-0.1, -0.05) is 29.8 Å². The highest BCUT2D eigenvalue weighted by molar-refractivity contribution is 6.58. The number of aryl methyl sites for hydroxylation is 2. The molecule has 0 atom stereocenters. The fraction of sp³-hybridized carbons (Fsp3) is 0.250. The quantitative estimate of drug-likeness (QED) is 0.842. The van der Waals surface area contributed by atoms with Crippen molar-refractivity contribution in [3.8, 4) is 0 Å². The standard InChI is InChI=1S/C16H19BFNO2/c1-11-4-7-16(12(2)8-11)19(3)10-13-5-6-15(18)14(9-13)17(20)21/h4-9,20-21H,10H2,1-3H3. The summed E-state index contributed by atoms with van der Waals surface area (Å²) < 4.78 is 13.5. The van der Waals surface area contributed by atoms with Gasteiger partial charge in [0.05, 0.1) is 0 Å². The van der Waals surface area contributed by atoms with Gasteiger partial charge < -0.3 is 14.9 Å². The molecule has 0 aliphatic heterocycles. The van der Waals surface area contributed by atoms with Gasteiger partial charge in [0, 0.05) is 24.7 Å². The average molecular weight is 287 g/mol. The third-order valence-electron chi connectivity index (χ3n) is 3.52. The second-order valence-corrected chi connectivity index (χ2v) is 5.38. The van der Waals surface area contributed by atoms with Crippen molar-refractivity contribution in [1.29, 1.82) is 0 Å². The van der Waals surface area contributed by atoms with Crippen LogP contribution in [0.5, 0.6) is 0 Å². The van der Waals surface area contributed by atoms with Crippen molar-refractivity contribution in [1.82, 2.24) is 0 Å². The van der Waals surface area contributed by atoms with E-state index in [0.717, 1.165) is 11.3 Å². The average Bonchev–Trinajstić information content (AvgIpc) is 2.40. The van der Waals surface area contributed by atoms with Crippen LogP contribution in [0, 0.1) is 19.7 Å². The van der Waals surface area contributed by atoms with Gasteiger partial charge in [0.15, 0.2) is 0 Å². The zero-order valence-corrected chi connectivity index (χ0v) is 12.5. The van der Waals surface area contributed by atoms with Crippen molar-refractivity contribution in [2.24, 2.45) is 0 Å². The second kappa shape index (κ2) is 6.29. The number of rotatable bonds is 4. The van der Waals surface area contributed by atoms with Crippen LogP contribution in [0.4, 0.5) is 10.1 Å². The molecule has 0 aliphatic rings. The van der Waals surface area contributed by atoms with Gasteiger partial charge in [-0.15, -0.1) is 0 Å². The largest absolute Gasteiger partial charge is 0.491 e. The molecule has 0 spiro atoms. The van der Waals surface area contributed by atoms with E-state index in [0.29, 0.717) is 6.54 Å². The van der Waals surface area contributed by atoms with E-state index in [4.69, 9.17) is 10.0 Å². The monoisotopic (exact) mass is 287 g/mol. The summed E-state index contributed by atoms with van der Waals surface area (Å²) in [4.78, 5) is 2.05. The summed E-state index contributed by atoms with van der Waals surface area (Å²) in [6.45, 7) is 4.65. The Morgan fingerprint density at radius 2 is 1.81 bits per heavy atom. The smallest absolute Gasteiger partial charge is 0.423 e. The first-order chi connectivity index (χ1) is 9.88. The first-order valence-corrected chi connectivity index (χ1v) is 6.81. The van der Waals surface area contributed by atoms with E-state index in [9.17, 15) is 4.39 Å². The van der Waals surface area contributed by atoms with Gasteiger partial charge in [0.1, 0.15) is 5.82 Å². The maximum Gasteiger partial charge on any atom is 0.491 e. The maximum atomic E-state index is 13.5. The minimum Gasteiger partial charge on any atom is -0.423 e. The Labute approximate surface area is 124 Å². The van der Waals surface area contributed by atoms with E-state index in [-0.39, 0.29) is 5.46 Å². The maximum absolute atomic E-state index is 13.5. The highest BCUT2D eigenvalue weighted by Crippen LogP contribution is 2.21. The lowest BCUT2D eigenvalue weighted by molar-refractivity contribution is 0.423. The molecular weight excluding hydrogens is 268 g/mol. The molecule has 0 aromatic heterocycles. The normalized spacial score (nSPS) is 10.6. The second-order valence-electron chi connectivity index (χ2n) is 5.38. The third-order valence-corrected chi connectivity index (χ3v) is 3.52. The molecule has 0 saturated heterocycles. The van der Waals surface area contributed by atoms with E-state index < -0.39 is 12.9 Å². The molecular formula is C16H19BFNO2. The molecule has 3 nitrogen and oxygen atoms in total. The minimum absolute atomic E-state index is 0.0958. The lowest BCUT2D eigenvalue weighted by atomic mass is 9.79. The van der Waals surface area contributed by atoms with E-state index in [1.807, 2.05) is 27.0 Å². The molecule has 0 radical (unpaired) electrons. The molecule has 0 bridgehead atoms. The predicted molar refractivity (Wildman–Crippen MR) is 84.2 cm³/mol. The third kappa shape index (κ3) is 3.62. The van der Waals surface area contributed by atoms with Crippen LogP contribution >= 0.6 is 0 Å². The Balaban J connectivity index is 2.23. The number of nitrogens with zero attached hydrogens (tertiary/aromatic N) is 1. The van der Waals surface area contributed by atoms with Crippen molar-refractivity contribution < 1.29 is 14.4 Å². The van der Waals surface area contributed by atoms with Crippen LogP contribution in [0.2, 0.25) is 0 Å². The van der Waals surface area contributed by atoms with Crippen LogP contribution in [0.15, 0.2) is 36.4 Å². The number of anilines is 1. The summed E-state index contributed by atoms with van der Waals surface area (Å²) in [6, 6.07) is 10.6. The van der Waals surface area contributed by atoms with Crippen LogP contribution in [0.25, 0.3) is 0 Å². The van der Waals surface area contributed by atoms with E-state index in [1.54, 1.807) is 6.07 Å². The van der Waals surface area contributed by atoms with Crippen molar-refractivity contribution in [3.63, 3.8) is 0 Å². The SMILES string of the molecule is Cc1ccc(N(C)Cc2ccc(F)c(B(O)O)c2)c(C)c1.